The summed E-state index contributed by atoms with van der Waals surface area (Å²) in [7, 11) is 3.62. The molecule has 2 aromatic rings. The first-order valence-corrected chi connectivity index (χ1v) is 8.72. The Morgan fingerprint density at radius 3 is 2.96 bits per heavy atom. The molecule has 6 heteroatoms. The predicted octanol–water partition coefficient (Wildman–Crippen LogP) is 2.19. The highest BCUT2D eigenvalue weighted by Gasteiger charge is 2.28. The zero-order chi connectivity index (χ0) is 18.0. The lowest BCUT2D eigenvalue weighted by Crippen LogP contribution is -2.49. The minimum absolute atomic E-state index is 0.0555. The Kier molecular flexibility index (Phi) is 4.97. The zero-order valence-electron chi connectivity index (χ0n) is 15.0. The van der Waals surface area contributed by atoms with E-state index in [1.807, 2.05) is 38.4 Å². The van der Waals surface area contributed by atoms with Gasteiger partial charge in [0, 0.05) is 50.2 Å². The molecule has 0 spiro atoms. The van der Waals surface area contributed by atoms with Crippen LogP contribution in [0.15, 0.2) is 24.4 Å². The van der Waals surface area contributed by atoms with Gasteiger partial charge in [-0.2, -0.15) is 0 Å². The maximum absolute atomic E-state index is 12.8. The average Bonchev–Trinajstić information content (AvgIpc) is 3.01. The lowest BCUT2D eigenvalue weighted by Gasteiger charge is -2.35. The number of aromatic nitrogens is 1. The molecular weight excluding hydrogens is 318 g/mol. The van der Waals surface area contributed by atoms with Gasteiger partial charge < -0.3 is 19.5 Å². The van der Waals surface area contributed by atoms with Gasteiger partial charge in [-0.15, -0.1) is 0 Å². The van der Waals surface area contributed by atoms with E-state index in [-0.39, 0.29) is 17.9 Å². The molecule has 1 N–H and O–H groups in total. The number of amides is 2. The largest absolute Gasteiger partial charge is 0.493 e. The first-order valence-electron chi connectivity index (χ1n) is 8.72. The fraction of sp³-hybridized carbons (Fsp3) is 0.474. The van der Waals surface area contributed by atoms with Gasteiger partial charge in [0.15, 0.2) is 0 Å². The molecule has 1 aromatic heterocycles. The van der Waals surface area contributed by atoms with E-state index in [1.165, 1.54) is 0 Å². The molecular formula is C19H25N3O3. The van der Waals surface area contributed by atoms with E-state index in [9.17, 15) is 9.59 Å². The maximum Gasteiger partial charge on any atom is 0.227 e. The topological polar surface area (TPSA) is 65.6 Å². The highest BCUT2D eigenvalue weighted by molar-refractivity contribution is 5.93. The average molecular weight is 343 g/mol. The molecule has 1 aliphatic heterocycles. The number of ether oxygens (including phenoxy) is 1. The Balaban J connectivity index is 1.77. The number of hydrogen-bond acceptors (Lipinski definition) is 3. The monoisotopic (exact) mass is 343 g/mol. The SMILES string of the molecule is CCOc1cccc2[nH]cc(CC(=O)N(C)[C@H]3CCC(=O)N(C)C3)c12. The molecule has 6 nitrogen and oxygen atoms in total. The van der Waals surface area contributed by atoms with Gasteiger partial charge in [-0.1, -0.05) is 6.07 Å². The maximum atomic E-state index is 12.8. The molecule has 3 rings (SSSR count). The van der Waals surface area contributed by atoms with Crippen molar-refractivity contribution >= 4 is 22.7 Å². The van der Waals surface area contributed by atoms with Crippen molar-refractivity contribution in [3.05, 3.63) is 30.0 Å². The summed E-state index contributed by atoms with van der Waals surface area (Å²) in [6.45, 7) is 3.13. The Morgan fingerprint density at radius 2 is 2.24 bits per heavy atom. The molecule has 134 valence electrons. The number of carbonyl (C=O) groups is 2. The predicted molar refractivity (Wildman–Crippen MR) is 96.6 cm³/mol. The van der Waals surface area contributed by atoms with Crippen LogP contribution < -0.4 is 4.74 Å². The van der Waals surface area contributed by atoms with Gasteiger partial charge in [0.25, 0.3) is 0 Å². The molecule has 0 unspecified atom stereocenters. The molecule has 1 aliphatic rings. The molecule has 0 radical (unpaired) electrons. The third-order valence-electron chi connectivity index (χ3n) is 4.93. The number of hydrogen-bond donors (Lipinski definition) is 1. The number of rotatable bonds is 5. The first kappa shape index (κ1) is 17.3. The Labute approximate surface area is 147 Å². The van der Waals surface area contributed by atoms with Crippen LogP contribution in [0.5, 0.6) is 5.75 Å². The third-order valence-corrected chi connectivity index (χ3v) is 4.93. The fourth-order valence-corrected chi connectivity index (χ4v) is 3.43. The van der Waals surface area contributed by atoms with Crippen molar-refractivity contribution in [2.24, 2.45) is 0 Å². The van der Waals surface area contributed by atoms with Gasteiger partial charge >= 0.3 is 0 Å². The van der Waals surface area contributed by atoms with Crippen LogP contribution in [0.25, 0.3) is 10.9 Å². The molecule has 0 aliphatic carbocycles. The van der Waals surface area contributed by atoms with Crippen LogP contribution in [0.4, 0.5) is 0 Å². The third kappa shape index (κ3) is 3.48. The van der Waals surface area contributed by atoms with E-state index in [0.717, 1.165) is 28.6 Å². The molecule has 1 atom stereocenters. The lowest BCUT2D eigenvalue weighted by molar-refractivity contribution is -0.139. The number of H-pyrrole nitrogens is 1. The Bertz CT molecular complexity index is 783. The summed E-state index contributed by atoms with van der Waals surface area (Å²) in [6.07, 6.45) is 3.42. The molecule has 0 bridgehead atoms. The van der Waals surface area contributed by atoms with E-state index in [4.69, 9.17) is 4.74 Å². The number of aromatic amines is 1. The Morgan fingerprint density at radius 1 is 1.44 bits per heavy atom. The van der Waals surface area contributed by atoms with Gasteiger partial charge in [0.05, 0.1) is 13.0 Å². The molecule has 25 heavy (non-hydrogen) atoms. The number of carbonyl (C=O) groups excluding carboxylic acids is 2. The van der Waals surface area contributed by atoms with Crippen LogP contribution in [0.1, 0.15) is 25.3 Å². The number of benzene rings is 1. The van der Waals surface area contributed by atoms with Crippen molar-refractivity contribution in [3.8, 4) is 5.75 Å². The molecule has 1 aromatic carbocycles. The quantitative estimate of drug-likeness (QED) is 0.905. The summed E-state index contributed by atoms with van der Waals surface area (Å²) < 4.78 is 5.71. The Hall–Kier alpha value is -2.50. The second-order valence-corrected chi connectivity index (χ2v) is 6.57. The summed E-state index contributed by atoms with van der Waals surface area (Å²) >= 11 is 0. The summed E-state index contributed by atoms with van der Waals surface area (Å²) in [5.41, 5.74) is 1.91. The molecule has 1 saturated heterocycles. The number of nitrogens with one attached hydrogen (secondary N) is 1. The van der Waals surface area contributed by atoms with Crippen LogP contribution in [0, 0.1) is 0 Å². The number of piperidine rings is 1. The number of likely N-dealkylation sites (N-methyl/N-ethyl adjacent to an activating group) is 2. The van der Waals surface area contributed by atoms with Gasteiger partial charge in [-0.25, -0.2) is 0 Å². The summed E-state index contributed by atoms with van der Waals surface area (Å²) in [4.78, 5) is 31.1. The minimum atomic E-state index is 0.0555. The van der Waals surface area contributed by atoms with Gasteiger partial charge in [-0.3, -0.25) is 9.59 Å². The van der Waals surface area contributed by atoms with E-state index in [1.54, 1.807) is 16.8 Å². The van der Waals surface area contributed by atoms with Crippen LogP contribution in [0.3, 0.4) is 0 Å². The zero-order valence-corrected chi connectivity index (χ0v) is 15.0. The van der Waals surface area contributed by atoms with E-state index in [2.05, 4.69) is 4.98 Å². The van der Waals surface area contributed by atoms with Crippen molar-refractivity contribution in [3.63, 3.8) is 0 Å². The van der Waals surface area contributed by atoms with Crippen molar-refractivity contribution in [1.29, 1.82) is 0 Å². The number of likely N-dealkylation sites (tertiary alicyclic amines) is 1. The molecule has 2 heterocycles. The van der Waals surface area contributed by atoms with Crippen LogP contribution in [-0.4, -0.2) is 59.9 Å². The molecule has 0 saturated carbocycles. The number of fused-ring (bicyclic) bond motifs is 1. The van der Waals surface area contributed by atoms with E-state index < -0.39 is 0 Å². The highest BCUT2D eigenvalue weighted by atomic mass is 16.5. The van der Waals surface area contributed by atoms with E-state index >= 15 is 0 Å². The van der Waals surface area contributed by atoms with Crippen LogP contribution >= 0.6 is 0 Å². The second kappa shape index (κ2) is 7.17. The number of nitrogens with zero attached hydrogens (tertiary/aromatic N) is 2. The minimum Gasteiger partial charge on any atom is -0.493 e. The van der Waals surface area contributed by atoms with Crippen molar-refractivity contribution < 1.29 is 14.3 Å². The summed E-state index contributed by atoms with van der Waals surface area (Å²) in [5, 5.41) is 0.974. The van der Waals surface area contributed by atoms with Gasteiger partial charge in [0.1, 0.15) is 5.75 Å². The van der Waals surface area contributed by atoms with Gasteiger partial charge in [-0.05, 0) is 31.0 Å². The van der Waals surface area contributed by atoms with Crippen LogP contribution in [-0.2, 0) is 16.0 Å². The summed E-state index contributed by atoms with van der Waals surface area (Å²) in [6, 6.07) is 5.93. The molecule has 1 fully saturated rings. The lowest BCUT2D eigenvalue weighted by atomic mass is 10.0. The van der Waals surface area contributed by atoms with Crippen molar-refractivity contribution in [2.45, 2.75) is 32.2 Å². The molecule has 2 amide bonds. The first-order chi connectivity index (χ1) is 12.0. The summed E-state index contributed by atoms with van der Waals surface area (Å²) in [5.74, 6) is 1.00. The normalized spacial score (nSPS) is 17.8. The van der Waals surface area contributed by atoms with Crippen molar-refractivity contribution in [2.75, 3.05) is 27.2 Å². The van der Waals surface area contributed by atoms with Gasteiger partial charge in [0.2, 0.25) is 11.8 Å². The second-order valence-electron chi connectivity index (χ2n) is 6.57. The smallest absolute Gasteiger partial charge is 0.227 e. The van der Waals surface area contributed by atoms with Crippen LogP contribution in [0.2, 0.25) is 0 Å². The standard InChI is InChI=1S/C19H25N3O3/c1-4-25-16-7-5-6-15-19(16)13(11-20-15)10-18(24)22(3)14-8-9-17(23)21(2)12-14/h5-7,11,14,20H,4,8-10,12H2,1-3H3/t14-/m0/s1. The van der Waals surface area contributed by atoms with E-state index in [0.29, 0.717) is 26.0 Å². The highest BCUT2D eigenvalue weighted by Crippen LogP contribution is 2.29. The van der Waals surface area contributed by atoms with Crippen molar-refractivity contribution in [1.82, 2.24) is 14.8 Å². The fourth-order valence-electron chi connectivity index (χ4n) is 3.43.